The van der Waals surface area contributed by atoms with Crippen molar-refractivity contribution in [1.82, 2.24) is 4.90 Å². The molecule has 0 aromatic heterocycles. The predicted molar refractivity (Wildman–Crippen MR) is 115 cm³/mol. The molecule has 0 spiro atoms. The molecule has 0 unspecified atom stereocenters. The van der Waals surface area contributed by atoms with Gasteiger partial charge in [0.2, 0.25) is 0 Å². The van der Waals surface area contributed by atoms with Crippen LogP contribution in [0.4, 0.5) is 4.79 Å². The maximum absolute atomic E-state index is 12.6. The van der Waals surface area contributed by atoms with Crippen LogP contribution in [0.15, 0.2) is 21.5 Å². The molecule has 0 bridgehead atoms. The Morgan fingerprint density at radius 3 is 2.55 bits per heavy atom. The molecule has 2 rings (SSSR count). The maximum Gasteiger partial charge on any atom is 0.326 e. The second-order valence-electron chi connectivity index (χ2n) is 6.04. The molecule has 9 heteroatoms. The van der Waals surface area contributed by atoms with E-state index in [1.54, 1.807) is 18.2 Å². The molecule has 2 amide bonds. The van der Waals surface area contributed by atoms with Crippen LogP contribution in [-0.2, 0) is 14.3 Å². The smallest absolute Gasteiger partial charge is 0.326 e. The average molecular weight is 486 g/mol. The summed E-state index contributed by atoms with van der Waals surface area (Å²) in [7, 11) is 0. The molecule has 1 fully saturated rings. The van der Waals surface area contributed by atoms with Crippen molar-refractivity contribution in [1.29, 1.82) is 0 Å². The summed E-state index contributed by atoms with van der Waals surface area (Å²) < 4.78 is 17.0. The van der Waals surface area contributed by atoms with E-state index < -0.39 is 17.1 Å². The summed E-state index contributed by atoms with van der Waals surface area (Å²) in [6.45, 7) is 6.54. The van der Waals surface area contributed by atoms with Crippen LogP contribution in [0.1, 0.15) is 39.2 Å². The SMILES string of the molecule is CCCCOC(=O)CN1C(=O)S/C(=C/c2cc(Br)c(OCC)c(OCC)c2)C1=O. The summed E-state index contributed by atoms with van der Waals surface area (Å²) >= 11 is 4.25. The number of ether oxygens (including phenoxy) is 3. The molecule has 0 atom stereocenters. The normalized spacial score (nSPS) is 15.2. The Morgan fingerprint density at radius 2 is 1.90 bits per heavy atom. The number of thioether (sulfide) groups is 1. The molecule has 0 aliphatic carbocycles. The number of carbonyl (C=O) groups excluding carboxylic acids is 3. The Morgan fingerprint density at radius 1 is 1.17 bits per heavy atom. The van der Waals surface area contributed by atoms with Gasteiger partial charge in [-0.1, -0.05) is 13.3 Å². The molecule has 7 nitrogen and oxygen atoms in total. The summed E-state index contributed by atoms with van der Waals surface area (Å²) in [5.41, 5.74) is 0.666. The number of esters is 1. The molecule has 0 N–H and O–H groups in total. The zero-order valence-electron chi connectivity index (χ0n) is 16.7. The van der Waals surface area contributed by atoms with Crippen LogP contribution in [0.2, 0.25) is 0 Å². The molecule has 1 aromatic carbocycles. The Balaban J connectivity index is 2.19. The fraction of sp³-hybridized carbons (Fsp3) is 0.450. The Hall–Kier alpha value is -2.00. The van der Waals surface area contributed by atoms with Crippen molar-refractivity contribution in [2.75, 3.05) is 26.4 Å². The van der Waals surface area contributed by atoms with E-state index in [1.807, 2.05) is 20.8 Å². The number of unbranched alkanes of at least 4 members (excludes halogenated alkanes) is 1. The first-order valence-electron chi connectivity index (χ1n) is 9.41. The predicted octanol–water partition coefficient (Wildman–Crippen LogP) is 4.63. The summed E-state index contributed by atoms with van der Waals surface area (Å²) in [5, 5.41) is -0.497. The van der Waals surface area contributed by atoms with Gasteiger partial charge < -0.3 is 14.2 Å². The van der Waals surface area contributed by atoms with Gasteiger partial charge in [0.1, 0.15) is 6.54 Å². The van der Waals surface area contributed by atoms with Gasteiger partial charge in [0.25, 0.3) is 11.1 Å². The third-order valence-electron chi connectivity index (χ3n) is 3.84. The van der Waals surface area contributed by atoms with Gasteiger partial charge in [-0.2, -0.15) is 0 Å². The first-order chi connectivity index (χ1) is 13.9. The van der Waals surface area contributed by atoms with Gasteiger partial charge in [0.05, 0.1) is 29.2 Å². The Bertz CT molecular complexity index is 810. The van der Waals surface area contributed by atoms with Gasteiger partial charge in [-0.15, -0.1) is 0 Å². The van der Waals surface area contributed by atoms with Crippen molar-refractivity contribution in [2.45, 2.75) is 33.6 Å². The average Bonchev–Trinajstić information content (AvgIpc) is 2.92. The first kappa shape index (κ1) is 23.3. The molecule has 29 heavy (non-hydrogen) atoms. The molecule has 158 valence electrons. The molecule has 1 saturated heterocycles. The lowest BCUT2D eigenvalue weighted by atomic mass is 10.2. The van der Waals surface area contributed by atoms with Gasteiger partial charge in [0.15, 0.2) is 11.5 Å². The van der Waals surface area contributed by atoms with Crippen molar-refractivity contribution in [2.24, 2.45) is 0 Å². The van der Waals surface area contributed by atoms with E-state index in [9.17, 15) is 14.4 Å². The second-order valence-corrected chi connectivity index (χ2v) is 7.89. The molecule has 0 saturated carbocycles. The zero-order chi connectivity index (χ0) is 21.4. The number of nitrogens with zero attached hydrogens (tertiary/aromatic N) is 1. The number of carbonyl (C=O) groups is 3. The van der Waals surface area contributed by atoms with Crippen LogP contribution < -0.4 is 9.47 Å². The van der Waals surface area contributed by atoms with Crippen LogP contribution in [0, 0.1) is 0 Å². The first-order valence-corrected chi connectivity index (χ1v) is 11.0. The number of rotatable bonds is 10. The van der Waals surface area contributed by atoms with Crippen LogP contribution >= 0.6 is 27.7 Å². The van der Waals surface area contributed by atoms with E-state index in [4.69, 9.17) is 14.2 Å². The minimum atomic E-state index is -0.593. The molecular formula is C20H24BrNO6S. The lowest BCUT2D eigenvalue weighted by molar-refractivity contribution is -0.146. The summed E-state index contributed by atoms with van der Waals surface area (Å²) in [4.78, 5) is 37.8. The van der Waals surface area contributed by atoms with Crippen LogP contribution in [0.3, 0.4) is 0 Å². The number of halogens is 1. The molecule has 0 radical (unpaired) electrons. The number of hydrogen-bond donors (Lipinski definition) is 0. The molecule has 1 aromatic rings. The van der Waals surface area contributed by atoms with E-state index in [1.165, 1.54) is 0 Å². The Kier molecular flexibility index (Phi) is 9.03. The second kappa shape index (κ2) is 11.3. The third-order valence-corrected chi connectivity index (χ3v) is 5.34. The van der Waals surface area contributed by atoms with Gasteiger partial charge in [0, 0.05) is 0 Å². The molecule has 1 heterocycles. The van der Waals surface area contributed by atoms with Gasteiger partial charge >= 0.3 is 5.97 Å². The fourth-order valence-corrected chi connectivity index (χ4v) is 3.92. The lowest BCUT2D eigenvalue weighted by Gasteiger charge is -2.13. The highest BCUT2D eigenvalue weighted by Crippen LogP contribution is 2.39. The van der Waals surface area contributed by atoms with E-state index in [0.717, 1.165) is 29.5 Å². The van der Waals surface area contributed by atoms with Crippen molar-refractivity contribution in [3.8, 4) is 11.5 Å². The number of amides is 2. The van der Waals surface area contributed by atoms with Gasteiger partial charge in [-0.05, 0) is 71.7 Å². The van der Waals surface area contributed by atoms with E-state index in [-0.39, 0.29) is 18.1 Å². The largest absolute Gasteiger partial charge is 0.490 e. The van der Waals surface area contributed by atoms with E-state index in [2.05, 4.69) is 15.9 Å². The van der Waals surface area contributed by atoms with Crippen molar-refractivity contribution < 1.29 is 28.6 Å². The molecule has 1 aliphatic heterocycles. The van der Waals surface area contributed by atoms with E-state index >= 15 is 0 Å². The number of hydrogen-bond acceptors (Lipinski definition) is 7. The van der Waals surface area contributed by atoms with Crippen molar-refractivity contribution in [3.63, 3.8) is 0 Å². The van der Waals surface area contributed by atoms with Crippen LogP contribution in [-0.4, -0.2) is 48.4 Å². The van der Waals surface area contributed by atoms with Crippen molar-refractivity contribution >= 4 is 50.9 Å². The summed E-state index contributed by atoms with van der Waals surface area (Å²) in [6.07, 6.45) is 3.22. The zero-order valence-corrected chi connectivity index (χ0v) is 19.1. The highest BCUT2D eigenvalue weighted by atomic mass is 79.9. The van der Waals surface area contributed by atoms with Gasteiger partial charge in [-0.3, -0.25) is 19.3 Å². The van der Waals surface area contributed by atoms with Gasteiger partial charge in [-0.25, -0.2) is 0 Å². The maximum atomic E-state index is 12.6. The topological polar surface area (TPSA) is 82.1 Å². The fourth-order valence-electron chi connectivity index (χ4n) is 2.51. The highest BCUT2D eigenvalue weighted by molar-refractivity contribution is 9.10. The number of benzene rings is 1. The standard InChI is InChI=1S/C20H24BrNO6S/c1-4-7-8-28-17(23)12-22-19(24)16(29-20(22)25)11-13-9-14(21)18(27-6-3)15(10-13)26-5-2/h9-11H,4-8,12H2,1-3H3/b16-11+. The molecule has 1 aliphatic rings. The minimum absolute atomic E-state index is 0.231. The molecular weight excluding hydrogens is 462 g/mol. The third kappa shape index (κ3) is 6.24. The summed E-state index contributed by atoms with van der Waals surface area (Å²) in [6, 6.07) is 3.52. The van der Waals surface area contributed by atoms with Crippen LogP contribution in [0.5, 0.6) is 11.5 Å². The van der Waals surface area contributed by atoms with Crippen molar-refractivity contribution in [3.05, 3.63) is 27.1 Å². The number of imide groups is 1. The van der Waals surface area contributed by atoms with Crippen LogP contribution in [0.25, 0.3) is 6.08 Å². The van der Waals surface area contributed by atoms with E-state index in [0.29, 0.717) is 34.7 Å². The highest BCUT2D eigenvalue weighted by Gasteiger charge is 2.36. The quantitative estimate of drug-likeness (QED) is 0.271. The monoisotopic (exact) mass is 485 g/mol. The summed E-state index contributed by atoms with van der Waals surface area (Å²) in [5.74, 6) is 0.00277. The lowest BCUT2D eigenvalue weighted by Crippen LogP contribution is -2.34. The Labute approximate surface area is 182 Å². The minimum Gasteiger partial charge on any atom is -0.490 e.